The fraction of sp³-hybridized carbons (Fsp3) is 0.400. The lowest BCUT2D eigenvalue weighted by Crippen LogP contribution is -2.49. The number of hydrogen-bond donors (Lipinski definition) is 0. The summed E-state index contributed by atoms with van der Waals surface area (Å²) in [6.07, 6.45) is 7.17. The van der Waals surface area contributed by atoms with Crippen LogP contribution in [0.3, 0.4) is 0 Å². The first-order chi connectivity index (χ1) is 15.8. The van der Waals surface area contributed by atoms with Crippen LogP contribution in [0.4, 0.5) is 5.82 Å². The zero-order valence-electron chi connectivity index (χ0n) is 18.8. The van der Waals surface area contributed by atoms with Gasteiger partial charge in [-0.1, -0.05) is 37.0 Å². The van der Waals surface area contributed by atoms with Crippen LogP contribution in [-0.2, 0) is 16.8 Å². The number of piperidine rings is 1. The summed E-state index contributed by atoms with van der Waals surface area (Å²) in [5.74, 6) is 2.00. The molecule has 0 bridgehead atoms. The first-order valence-corrected chi connectivity index (χ1v) is 12.0. The molecule has 2 aliphatic rings. The zero-order chi connectivity index (χ0) is 23.2. The van der Waals surface area contributed by atoms with Gasteiger partial charge in [0.25, 0.3) is 0 Å². The van der Waals surface area contributed by atoms with E-state index >= 15 is 0 Å². The summed E-state index contributed by atoms with van der Waals surface area (Å²) < 4.78 is 1.97. The van der Waals surface area contributed by atoms with Crippen molar-refractivity contribution in [3.63, 3.8) is 0 Å². The van der Waals surface area contributed by atoms with Crippen LogP contribution in [0.5, 0.6) is 0 Å². The van der Waals surface area contributed by atoms with Gasteiger partial charge >= 0.3 is 0 Å². The van der Waals surface area contributed by atoms with Crippen molar-refractivity contribution in [2.45, 2.75) is 38.6 Å². The Morgan fingerprint density at radius 1 is 1.00 bits per heavy atom. The fourth-order valence-electron chi connectivity index (χ4n) is 5.08. The molecule has 1 amide bonds. The van der Waals surface area contributed by atoms with E-state index in [4.69, 9.17) is 23.2 Å². The Hall–Kier alpha value is -2.57. The molecule has 1 aromatic carbocycles. The van der Waals surface area contributed by atoms with Gasteiger partial charge in [-0.25, -0.2) is 9.97 Å². The minimum atomic E-state index is -0.173. The van der Waals surface area contributed by atoms with E-state index in [9.17, 15) is 4.79 Å². The molecule has 8 heteroatoms. The lowest BCUT2D eigenvalue weighted by molar-refractivity contribution is -0.138. The van der Waals surface area contributed by atoms with Gasteiger partial charge in [-0.3, -0.25) is 4.79 Å². The van der Waals surface area contributed by atoms with Crippen molar-refractivity contribution in [3.8, 4) is 5.82 Å². The molecule has 172 valence electrons. The number of benzene rings is 1. The molecule has 1 fully saturated rings. The largest absolute Gasteiger partial charge is 0.356 e. The summed E-state index contributed by atoms with van der Waals surface area (Å²) >= 11 is 12.5. The highest BCUT2D eigenvalue weighted by Crippen LogP contribution is 2.39. The summed E-state index contributed by atoms with van der Waals surface area (Å²) in [6.45, 7) is 7.19. The minimum Gasteiger partial charge on any atom is -0.356 e. The summed E-state index contributed by atoms with van der Waals surface area (Å²) in [7, 11) is 0. The fourth-order valence-corrected chi connectivity index (χ4v) is 5.43. The summed E-state index contributed by atoms with van der Waals surface area (Å²) in [6, 6.07) is 9.83. The van der Waals surface area contributed by atoms with Gasteiger partial charge in [0.05, 0.1) is 10.0 Å². The van der Waals surface area contributed by atoms with Crippen molar-refractivity contribution in [2.24, 2.45) is 5.92 Å². The molecule has 0 saturated carbocycles. The predicted molar refractivity (Wildman–Crippen MR) is 131 cm³/mol. The highest BCUT2D eigenvalue weighted by atomic mass is 35.5. The van der Waals surface area contributed by atoms with Crippen LogP contribution in [0.15, 0.2) is 49.1 Å². The predicted octanol–water partition coefficient (Wildman–Crippen LogP) is 5.11. The lowest BCUT2D eigenvalue weighted by atomic mass is 9.78. The molecule has 2 aromatic heterocycles. The monoisotopic (exact) mass is 483 g/mol. The molecule has 2 aliphatic heterocycles. The Morgan fingerprint density at radius 3 is 2.39 bits per heavy atom. The van der Waals surface area contributed by atoms with Crippen LogP contribution in [-0.4, -0.2) is 45.0 Å². The van der Waals surface area contributed by atoms with E-state index in [1.54, 1.807) is 6.33 Å². The van der Waals surface area contributed by atoms with E-state index in [0.29, 0.717) is 23.1 Å². The number of carbonyl (C=O) groups excluding carboxylic acids is 1. The van der Waals surface area contributed by atoms with Crippen LogP contribution < -0.4 is 4.90 Å². The molecule has 0 N–H and O–H groups in total. The normalized spacial score (nSPS) is 18.3. The van der Waals surface area contributed by atoms with Gasteiger partial charge in [-0.15, -0.1) is 0 Å². The molecule has 5 rings (SSSR count). The van der Waals surface area contributed by atoms with E-state index in [2.05, 4.69) is 28.7 Å². The molecule has 4 heterocycles. The molecular weight excluding hydrogens is 457 g/mol. The van der Waals surface area contributed by atoms with Gasteiger partial charge in [-0.2, -0.15) is 0 Å². The number of hydrogen-bond acceptors (Lipinski definition) is 4. The Labute approximate surface area is 204 Å². The molecular formula is C25H27Cl2N5O. The number of anilines is 1. The van der Waals surface area contributed by atoms with E-state index < -0.39 is 0 Å². The standard InChI is InChI=1S/C25H27Cl2N5O/c1-25(2)15-32(14-18-11-20(26)21(27)12-19(18)25)24(33)17-5-9-31(10-6-17)23-13-22(28-16-29-23)30-7-3-4-8-30/h3-4,7-8,11-13,16-17H,5-6,9-10,14-15H2,1-2H3. The van der Waals surface area contributed by atoms with Crippen molar-refractivity contribution in [1.82, 2.24) is 19.4 Å². The maximum atomic E-state index is 13.5. The van der Waals surface area contributed by atoms with Crippen LogP contribution >= 0.6 is 23.2 Å². The highest BCUT2D eigenvalue weighted by Gasteiger charge is 2.37. The van der Waals surface area contributed by atoms with E-state index in [1.807, 2.05) is 52.2 Å². The molecule has 0 aliphatic carbocycles. The third kappa shape index (κ3) is 4.34. The van der Waals surface area contributed by atoms with E-state index in [0.717, 1.165) is 43.1 Å². The van der Waals surface area contributed by atoms with Gasteiger partial charge in [0.1, 0.15) is 18.0 Å². The number of nitrogens with zero attached hydrogens (tertiary/aromatic N) is 5. The molecule has 1 saturated heterocycles. The third-order valence-corrected chi connectivity index (χ3v) is 7.53. The zero-order valence-corrected chi connectivity index (χ0v) is 20.4. The summed E-state index contributed by atoms with van der Waals surface area (Å²) in [4.78, 5) is 26.6. The molecule has 3 aromatic rings. The second-order valence-electron chi connectivity index (χ2n) is 9.59. The van der Waals surface area contributed by atoms with Crippen LogP contribution in [0, 0.1) is 5.92 Å². The lowest BCUT2D eigenvalue weighted by Gasteiger charge is -2.42. The maximum Gasteiger partial charge on any atom is 0.226 e. The third-order valence-electron chi connectivity index (χ3n) is 6.81. The van der Waals surface area contributed by atoms with Gasteiger partial charge in [-0.05, 0) is 48.2 Å². The quantitative estimate of drug-likeness (QED) is 0.519. The molecule has 0 atom stereocenters. The second-order valence-corrected chi connectivity index (χ2v) is 10.4. The summed E-state index contributed by atoms with van der Waals surface area (Å²) in [5.41, 5.74) is 2.09. The van der Waals surface area contributed by atoms with Crippen molar-refractivity contribution >= 4 is 34.9 Å². The van der Waals surface area contributed by atoms with Crippen molar-refractivity contribution in [1.29, 1.82) is 0 Å². The average molecular weight is 484 g/mol. The molecule has 6 nitrogen and oxygen atoms in total. The van der Waals surface area contributed by atoms with Crippen LogP contribution in [0.1, 0.15) is 37.8 Å². The number of amides is 1. The van der Waals surface area contributed by atoms with E-state index in [1.165, 1.54) is 5.56 Å². The van der Waals surface area contributed by atoms with Crippen molar-refractivity contribution in [3.05, 3.63) is 70.2 Å². The highest BCUT2D eigenvalue weighted by molar-refractivity contribution is 6.42. The Morgan fingerprint density at radius 2 is 1.67 bits per heavy atom. The van der Waals surface area contributed by atoms with Crippen LogP contribution in [0.2, 0.25) is 10.0 Å². The maximum absolute atomic E-state index is 13.5. The number of aromatic nitrogens is 3. The van der Waals surface area contributed by atoms with Gasteiger partial charge < -0.3 is 14.4 Å². The number of halogens is 2. The molecule has 33 heavy (non-hydrogen) atoms. The Bertz CT molecular complexity index is 1170. The summed E-state index contributed by atoms with van der Waals surface area (Å²) in [5, 5.41) is 1.11. The Balaban J connectivity index is 1.27. The topological polar surface area (TPSA) is 54.3 Å². The number of carbonyl (C=O) groups is 1. The van der Waals surface area contributed by atoms with Gasteiger partial charge in [0, 0.05) is 56.0 Å². The first kappa shape index (κ1) is 22.2. The Kier molecular flexibility index (Phi) is 5.83. The van der Waals surface area contributed by atoms with Crippen molar-refractivity contribution in [2.75, 3.05) is 24.5 Å². The van der Waals surface area contributed by atoms with Gasteiger partial charge in [0.2, 0.25) is 5.91 Å². The smallest absolute Gasteiger partial charge is 0.226 e. The second kappa shape index (κ2) is 8.65. The average Bonchev–Trinajstić information content (AvgIpc) is 3.35. The van der Waals surface area contributed by atoms with Gasteiger partial charge in [0.15, 0.2) is 0 Å². The SMILES string of the molecule is CC1(C)CN(C(=O)C2CCN(c3cc(-n4cccc4)ncn3)CC2)Cc2cc(Cl)c(Cl)cc21. The molecule has 0 radical (unpaired) electrons. The van der Waals surface area contributed by atoms with Crippen LogP contribution in [0.25, 0.3) is 5.82 Å². The van der Waals surface area contributed by atoms with E-state index in [-0.39, 0.29) is 17.2 Å². The molecule has 0 spiro atoms. The van der Waals surface area contributed by atoms with Crippen molar-refractivity contribution < 1.29 is 4.79 Å². The number of fused-ring (bicyclic) bond motifs is 1. The number of rotatable bonds is 3. The molecule has 0 unspecified atom stereocenters. The minimum absolute atomic E-state index is 0.0205. The first-order valence-electron chi connectivity index (χ1n) is 11.3.